The molecule has 0 saturated carbocycles. The molecule has 4 nitrogen and oxygen atoms in total. The summed E-state index contributed by atoms with van der Waals surface area (Å²) in [6, 6.07) is 0. The van der Waals surface area contributed by atoms with Gasteiger partial charge in [0.1, 0.15) is 11.6 Å². The van der Waals surface area contributed by atoms with Crippen molar-refractivity contribution < 1.29 is 4.39 Å². The average Bonchev–Trinajstić information content (AvgIpc) is 2.64. The summed E-state index contributed by atoms with van der Waals surface area (Å²) in [4.78, 5) is 11.4. The largest absolute Gasteiger partial charge is 0.365 e. The number of amidine groups is 1. The van der Waals surface area contributed by atoms with Crippen LogP contribution in [0.3, 0.4) is 0 Å². The number of aliphatic imine (C=N–C) groups is 2. The molecule has 1 aliphatic heterocycles. The van der Waals surface area contributed by atoms with Crippen LogP contribution in [0, 0.1) is 0 Å². The van der Waals surface area contributed by atoms with Gasteiger partial charge in [0.25, 0.3) is 0 Å². The molecule has 2 N–H and O–H groups in total. The minimum atomic E-state index is -0.144. The van der Waals surface area contributed by atoms with Gasteiger partial charge < -0.3 is 10.3 Å². The van der Waals surface area contributed by atoms with Crippen LogP contribution in [-0.2, 0) is 6.42 Å². The summed E-state index contributed by atoms with van der Waals surface area (Å²) >= 11 is 0. The zero-order valence-corrected chi connectivity index (χ0v) is 9.92. The third-order valence-electron chi connectivity index (χ3n) is 2.65. The molecule has 2 heterocycles. The molecule has 0 aromatic carbocycles. The smallest absolute Gasteiger partial charge is 0.155 e. The molecule has 5 heteroatoms. The van der Waals surface area contributed by atoms with E-state index in [1.165, 1.54) is 0 Å². The Kier molecular flexibility index (Phi) is 3.37. The van der Waals surface area contributed by atoms with Crippen LogP contribution >= 0.6 is 0 Å². The highest BCUT2D eigenvalue weighted by molar-refractivity contribution is 6.04. The molecule has 0 bridgehead atoms. The van der Waals surface area contributed by atoms with Crippen molar-refractivity contribution in [1.82, 2.24) is 4.98 Å². The van der Waals surface area contributed by atoms with Crippen LogP contribution in [0.2, 0.25) is 0 Å². The molecule has 0 fully saturated rings. The molecule has 2 rings (SSSR count). The van der Waals surface area contributed by atoms with Crippen molar-refractivity contribution in [3.05, 3.63) is 29.2 Å². The monoisotopic (exact) mass is 234 g/mol. The van der Waals surface area contributed by atoms with Crippen molar-refractivity contribution in [2.45, 2.75) is 13.3 Å². The highest BCUT2D eigenvalue weighted by atomic mass is 19.1. The maximum Gasteiger partial charge on any atom is 0.155 e. The topological polar surface area (TPSA) is 52.5 Å². The van der Waals surface area contributed by atoms with Gasteiger partial charge >= 0.3 is 0 Å². The fourth-order valence-corrected chi connectivity index (χ4v) is 1.85. The van der Waals surface area contributed by atoms with Crippen LogP contribution in [0.15, 0.2) is 28.1 Å². The van der Waals surface area contributed by atoms with E-state index in [0.717, 1.165) is 16.9 Å². The fourth-order valence-electron chi connectivity index (χ4n) is 1.85. The first kappa shape index (κ1) is 11.6. The van der Waals surface area contributed by atoms with E-state index >= 15 is 0 Å². The van der Waals surface area contributed by atoms with E-state index in [1.807, 2.05) is 13.1 Å². The number of hydrogen-bond donors (Lipinski definition) is 2. The Labute approximate surface area is 99.4 Å². The van der Waals surface area contributed by atoms with Crippen LogP contribution in [-0.4, -0.2) is 30.6 Å². The lowest BCUT2D eigenvalue weighted by Crippen LogP contribution is -2.02. The first-order valence-electron chi connectivity index (χ1n) is 5.50. The molecule has 0 unspecified atom stereocenters. The number of hydrogen-bond acceptors (Lipinski definition) is 2. The van der Waals surface area contributed by atoms with E-state index in [9.17, 15) is 4.39 Å². The molecule has 1 aromatic heterocycles. The Balaban J connectivity index is 2.41. The predicted octanol–water partition coefficient (Wildman–Crippen LogP) is 2.30. The lowest BCUT2D eigenvalue weighted by Gasteiger charge is -2.03. The van der Waals surface area contributed by atoms with Crippen LogP contribution in [0.1, 0.15) is 18.1 Å². The van der Waals surface area contributed by atoms with Gasteiger partial charge in [0, 0.05) is 30.6 Å². The fraction of sp³-hybridized carbons (Fsp3) is 0.333. The SMILES string of the molecule is C/C=N\C(=N/C)c1c[nH]c2c1CC=C(F)CN2. The number of halogens is 1. The van der Waals surface area contributed by atoms with Crippen LogP contribution in [0.4, 0.5) is 10.2 Å². The molecule has 1 aromatic rings. The summed E-state index contributed by atoms with van der Waals surface area (Å²) in [5.41, 5.74) is 1.92. The Morgan fingerprint density at radius 3 is 3.06 bits per heavy atom. The Bertz CT molecular complexity index is 497. The van der Waals surface area contributed by atoms with E-state index in [-0.39, 0.29) is 12.4 Å². The van der Waals surface area contributed by atoms with E-state index < -0.39 is 0 Å². The van der Waals surface area contributed by atoms with Gasteiger partial charge in [-0.15, -0.1) is 0 Å². The summed E-state index contributed by atoms with van der Waals surface area (Å²) in [7, 11) is 1.70. The van der Waals surface area contributed by atoms with Crippen molar-refractivity contribution in [2.75, 3.05) is 18.9 Å². The second kappa shape index (κ2) is 4.95. The van der Waals surface area contributed by atoms with Crippen molar-refractivity contribution in [1.29, 1.82) is 0 Å². The van der Waals surface area contributed by atoms with Gasteiger partial charge in [-0.2, -0.15) is 0 Å². The molecule has 90 valence electrons. The lowest BCUT2D eigenvalue weighted by molar-refractivity contribution is 0.624. The summed E-state index contributed by atoms with van der Waals surface area (Å²) < 4.78 is 13.2. The highest BCUT2D eigenvalue weighted by Crippen LogP contribution is 2.24. The minimum absolute atomic E-state index is 0.144. The average molecular weight is 234 g/mol. The number of fused-ring (bicyclic) bond motifs is 1. The third kappa shape index (κ3) is 2.27. The maximum absolute atomic E-state index is 13.2. The Morgan fingerprint density at radius 1 is 1.53 bits per heavy atom. The second-order valence-electron chi connectivity index (χ2n) is 3.70. The summed E-state index contributed by atoms with van der Waals surface area (Å²) in [5.74, 6) is 1.35. The Morgan fingerprint density at radius 2 is 2.35 bits per heavy atom. The molecular weight excluding hydrogens is 219 g/mol. The number of anilines is 1. The molecule has 0 atom stereocenters. The second-order valence-corrected chi connectivity index (χ2v) is 3.70. The van der Waals surface area contributed by atoms with Crippen LogP contribution in [0.25, 0.3) is 0 Å². The number of aromatic amines is 1. The molecule has 0 aliphatic carbocycles. The van der Waals surface area contributed by atoms with Gasteiger partial charge in [-0.05, 0) is 19.4 Å². The molecule has 1 aliphatic rings. The molecular formula is C12H15FN4. The number of H-pyrrole nitrogens is 1. The Hall–Kier alpha value is -1.91. The van der Waals surface area contributed by atoms with Crippen LogP contribution < -0.4 is 5.32 Å². The number of allylic oxidation sites excluding steroid dienone is 1. The number of nitrogens with zero attached hydrogens (tertiary/aromatic N) is 2. The minimum Gasteiger partial charge on any atom is -0.365 e. The zero-order chi connectivity index (χ0) is 12.3. The quantitative estimate of drug-likeness (QED) is 0.568. The van der Waals surface area contributed by atoms with Crippen molar-refractivity contribution >= 4 is 17.9 Å². The molecule has 0 radical (unpaired) electrons. The van der Waals surface area contributed by atoms with Gasteiger partial charge in [0.2, 0.25) is 0 Å². The molecule has 0 saturated heterocycles. The highest BCUT2D eigenvalue weighted by Gasteiger charge is 2.16. The first-order valence-corrected chi connectivity index (χ1v) is 5.50. The van der Waals surface area contributed by atoms with Gasteiger partial charge in [0.05, 0.1) is 6.54 Å². The van der Waals surface area contributed by atoms with Gasteiger partial charge in [-0.25, -0.2) is 9.38 Å². The van der Waals surface area contributed by atoms with Crippen molar-refractivity contribution in [2.24, 2.45) is 9.98 Å². The van der Waals surface area contributed by atoms with Crippen LogP contribution in [0.5, 0.6) is 0 Å². The summed E-state index contributed by atoms with van der Waals surface area (Å²) in [5, 5.41) is 3.01. The van der Waals surface area contributed by atoms with E-state index in [0.29, 0.717) is 12.3 Å². The molecule has 0 amide bonds. The number of aromatic nitrogens is 1. The standard InChI is InChI=1S/C12H15FN4/c1-3-15-11(14-2)10-7-17-12-9(10)5-4-8(13)6-16-12/h3-4,7,16-17H,5-6H2,1-2H3/b14-11-,15-3-. The number of rotatable bonds is 1. The van der Waals surface area contributed by atoms with E-state index in [4.69, 9.17) is 0 Å². The summed E-state index contributed by atoms with van der Waals surface area (Å²) in [6.07, 6.45) is 5.68. The molecule has 0 spiro atoms. The van der Waals surface area contributed by atoms with Gasteiger partial charge in [-0.1, -0.05) is 0 Å². The van der Waals surface area contributed by atoms with Gasteiger partial charge in [0.15, 0.2) is 5.84 Å². The van der Waals surface area contributed by atoms with E-state index in [1.54, 1.807) is 19.3 Å². The van der Waals surface area contributed by atoms with Crippen molar-refractivity contribution in [3.8, 4) is 0 Å². The first-order chi connectivity index (χ1) is 8.26. The van der Waals surface area contributed by atoms with E-state index in [2.05, 4.69) is 20.3 Å². The zero-order valence-electron chi connectivity index (χ0n) is 9.92. The summed E-state index contributed by atoms with van der Waals surface area (Å²) in [6.45, 7) is 2.07. The lowest BCUT2D eigenvalue weighted by atomic mass is 10.1. The number of nitrogens with one attached hydrogen (secondary N) is 2. The normalized spacial score (nSPS) is 16.4. The molecule has 17 heavy (non-hydrogen) atoms. The predicted molar refractivity (Wildman–Crippen MR) is 68.8 cm³/mol. The maximum atomic E-state index is 13.2. The van der Waals surface area contributed by atoms with Gasteiger partial charge in [-0.3, -0.25) is 4.99 Å². The third-order valence-corrected chi connectivity index (χ3v) is 2.65. The van der Waals surface area contributed by atoms with Crippen molar-refractivity contribution in [3.63, 3.8) is 0 Å².